The largest absolute Gasteiger partial charge is 0.336 e. The van der Waals surface area contributed by atoms with Crippen LogP contribution in [-0.4, -0.2) is 54.7 Å². The third kappa shape index (κ3) is 3.87. The van der Waals surface area contributed by atoms with E-state index in [2.05, 4.69) is 20.9 Å². The molecule has 0 N–H and O–H groups in total. The average molecular weight is 445 g/mol. The lowest BCUT2D eigenvalue weighted by Crippen LogP contribution is -2.50. The predicted molar refractivity (Wildman–Crippen MR) is 98.1 cm³/mol. The fraction of sp³-hybridized carbons (Fsp3) is 0.250. The number of piperazine rings is 1. The van der Waals surface area contributed by atoms with Gasteiger partial charge < -0.3 is 4.90 Å². The highest BCUT2D eigenvalue weighted by Crippen LogP contribution is 2.28. The van der Waals surface area contributed by atoms with Gasteiger partial charge >= 0.3 is 0 Å². The van der Waals surface area contributed by atoms with Crippen molar-refractivity contribution in [2.75, 3.05) is 26.2 Å². The standard InChI is InChI=1S/C16H15BrClN3O3S/c17-13-1-2-15(14(18)11-13)25(23,24)21-9-7-20(8-10-21)16(22)12-3-5-19-6-4-12/h1-6,11H,7-10H2. The summed E-state index contributed by atoms with van der Waals surface area (Å²) in [4.78, 5) is 18.0. The number of carbonyl (C=O) groups excluding carboxylic acids is 1. The Labute approximate surface area is 159 Å². The van der Waals surface area contributed by atoms with Crippen molar-refractivity contribution in [3.8, 4) is 0 Å². The highest BCUT2D eigenvalue weighted by Gasteiger charge is 2.31. The van der Waals surface area contributed by atoms with E-state index < -0.39 is 10.0 Å². The van der Waals surface area contributed by atoms with Crippen molar-refractivity contribution in [3.05, 3.63) is 57.8 Å². The summed E-state index contributed by atoms with van der Waals surface area (Å²) in [7, 11) is -3.69. The van der Waals surface area contributed by atoms with Crippen LogP contribution in [0.5, 0.6) is 0 Å². The Morgan fingerprint density at radius 2 is 1.72 bits per heavy atom. The van der Waals surface area contributed by atoms with Gasteiger partial charge in [0, 0.05) is 48.6 Å². The molecule has 0 saturated carbocycles. The van der Waals surface area contributed by atoms with Gasteiger partial charge in [-0.15, -0.1) is 0 Å². The fourth-order valence-corrected chi connectivity index (χ4v) is 5.07. The third-order valence-corrected chi connectivity index (χ3v) is 6.84. The van der Waals surface area contributed by atoms with Crippen molar-refractivity contribution in [1.82, 2.24) is 14.2 Å². The Morgan fingerprint density at radius 1 is 1.08 bits per heavy atom. The van der Waals surface area contributed by atoms with Crippen LogP contribution in [0, 0.1) is 0 Å². The van der Waals surface area contributed by atoms with Gasteiger partial charge in [-0.05, 0) is 30.3 Å². The summed E-state index contributed by atoms with van der Waals surface area (Å²) in [5, 5.41) is 0.171. The van der Waals surface area contributed by atoms with E-state index in [1.165, 1.54) is 10.4 Å². The van der Waals surface area contributed by atoms with E-state index in [1.807, 2.05) is 0 Å². The van der Waals surface area contributed by atoms with Crippen LogP contribution in [0.3, 0.4) is 0 Å². The smallest absolute Gasteiger partial charge is 0.254 e. The molecule has 1 aliphatic rings. The highest BCUT2D eigenvalue weighted by molar-refractivity contribution is 9.10. The number of amides is 1. The summed E-state index contributed by atoms with van der Waals surface area (Å²) in [6.45, 7) is 1.11. The molecule has 0 bridgehead atoms. The SMILES string of the molecule is O=C(c1ccncc1)N1CCN(S(=O)(=O)c2ccc(Br)cc2Cl)CC1. The second kappa shape index (κ2) is 7.41. The van der Waals surface area contributed by atoms with Crippen LogP contribution in [0.15, 0.2) is 52.1 Å². The van der Waals surface area contributed by atoms with E-state index in [0.717, 1.165) is 0 Å². The molecule has 0 spiro atoms. The van der Waals surface area contributed by atoms with Crippen LogP contribution in [0.1, 0.15) is 10.4 Å². The molecule has 132 valence electrons. The predicted octanol–water partition coefficient (Wildman–Crippen LogP) is 2.64. The number of sulfonamides is 1. The second-order valence-electron chi connectivity index (χ2n) is 5.51. The summed E-state index contributed by atoms with van der Waals surface area (Å²) in [5.74, 6) is -0.124. The van der Waals surface area contributed by atoms with Crippen molar-refractivity contribution in [2.45, 2.75) is 4.90 Å². The van der Waals surface area contributed by atoms with Crippen molar-refractivity contribution in [1.29, 1.82) is 0 Å². The number of hydrogen-bond donors (Lipinski definition) is 0. The number of nitrogens with zero attached hydrogens (tertiary/aromatic N) is 3. The average Bonchev–Trinajstić information content (AvgIpc) is 2.61. The lowest BCUT2D eigenvalue weighted by molar-refractivity contribution is 0.0698. The van der Waals surface area contributed by atoms with Crippen LogP contribution in [0.25, 0.3) is 0 Å². The molecule has 9 heteroatoms. The van der Waals surface area contributed by atoms with E-state index in [-0.39, 0.29) is 28.9 Å². The van der Waals surface area contributed by atoms with E-state index in [9.17, 15) is 13.2 Å². The highest BCUT2D eigenvalue weighted by atomic mass is 79.9. The minimum Gasteiger partial charge on any atom is -0.336 e. The molecule has 1 saturated heterocycles. The number of halogens is 2. The van der Waals surface area contributed by atoms with Gasteiger partial charge in [-0.3, -0.25) is 9.78 Å². The van der Waals surface area contributed by atoms with E-state index >= 15 is 0 Å². The summed E-state index contributed by atoms with van der Waals surface area (Å²) in [5.41, 5.74) is 0.544. The van der Waals surface area contributed by atoms with Crippen molar-refractivity contribution in [2.24, 2.45) is 0 Å². The second-order valence-corrected chi connectivity index (χ2v) is 8.74. The van der Waals surface area contributed by atoms with Crippen LogP contribution in [0.2, 0.25) is 5.02 Å². The Balaban J connectivity index is 1.72. The summed E-state index contributed by atoms with van der Waals surface area (Å²) >= 11 is 9.35. The molecule has 0 unspecified atom stereocenters. The van der Waals surface area contributed by atoms with Gasteiger partial charge in [0.2, 0.25) is 10.0 Å². The van der Waals surface area contributed by atoms with Gasteiger partial charge in [0.1, 0.15) is 4.90 Å². The Bertz CT molecular complexity index is 885. The zero-order valence-corrected chi connectivity index (χ0v) is 16.3. The molecule has 1 aliphatic heterocycles. The Hall–Kier alpha value is -1.48. The first-order valence-corrected chi connectivity index (χ1v) is 10.2. The molecule has 0 atom stereocenters. The van der Waals surface area contributed by atoms with Gasteiger partial charge in [0.25, 0.3) is 5.91 Å². The quantitative estimate of drug-likeness (QED) is 0.730. The molecule has 1 fully saturated rings. The van der Waals surface area contributed by atoms with Crippen molar-refractivity contribution in [3.63, 3.8) is 0 Å². The topological polar surface area (TPSA) is 70.6 Å². The molecule has 1 amide bonds. The van der Waals surface area contributed by atoms with Gasteiger partial charge in [-0.1, -0.05) is 27.5 Å². The third-order valence-electron chi connectivity index (χ3n) is 3.96. The first kappa shape index (κ1) is 18.3. The first-order valence-electron chi connectivity index (χ1n) is 7.54. The maximum atomic E-state index is 12.8. The molecular formula is C16H15BrClN3O3S. The molecule has 2 aromatic rings. The normalized spacial score (nSPS) is 16.0. The lowest BCUT2D eigenvalue weighted by Gasteiger charge is -2.34. The number of carbonyl (C=O) groups is 1. The lowest BCUT2D eigenvalue weighted by atomic mass is 10.2. The maximum Gasteiger partial charge on any atom is 0.254 e. The van der Waals surface area contributed by atoms with Gasteiger partial charge in [0.05, 0.1) is 5.02 Å². The molecule has 6 nitrogen and oxygen atoms in total. The van der Waals surface area contributed by atoms with Crippen LogP contribution < -0.4 is 0 Å². The summed E-state index contributed by atoms with van der Waals surface area (Å²) < 4.78 is 27.6. The zero-order chi connectivity index (χ0) is 18.0. The van der Waals surface area contributed by atoms with Gasteiger partial charge in [0.15, 0.2) is 0 Å². The van der Waals surface area contributed by atoms with Crippen molar-refractivity contribution >= 4 is 43.5 Å². The Morgan fingerprint density at radius 3 is 2.32 bits per heavy atom. The molecule has 0 radical (unpaired) electrons. The monoisotopic (exact) mass is 443 g/mol. The number of aromatic nitrogens is 1. The minimum atomic E-state index is -3.69. The molecule has 0 aliphatic carbocycles. The zero-order valence-electron chi connectivity index (χ0n) is 13.1. The molecule has 25 heavy (non-hydrogen) atoms. The van der Waals surface area contributed by atoms with E-state index in [0.29, 0.717) is 23.1 Å². The molecule has 2 heterocycles. The fourth-order valence-electron chi connectivity index (χ4n) is 2.63. The number of rotatable bonds is 3. The minimum absolute atomic E-state index is 0.0753. The number of pyridine rings is 1. The Kier molecular flexibility index (Phi) is 5.43. The number of benzene rings is 1. The van der Waals surface area contributed by atoms with E-state index in [4.69, 9.17) is 11.6 Å². The molecule has 1 aromatic heterocycles. The summed E-state index contributed by atoms with van der Waals surface area (Å²) in [6.07, 6.45) is 3.12. The number of hydrogen-bond acceptors (Lipinski definition) is 4. The van der Waals surface area contributed by atoms with Gasteiger partial charge in [-0.25, -0.2) is 8.42 Å². The molecular weight excluding hydrogens is 430 g/mol. The molecule has 1 aromatic carbocycles. The molecule has 3 rings (SSSR count). The van der Waals surface area contributed by atoms with Gasteiger partial charge in [-0.2, -0.15) is 4.31 Å². The first-order chi connectivity index (χ1) is 11.9. The van der Waals surface area contributed by atoms with Crippen LogP contribution in [0.4, 0.5) is 0 Å². The maximum absolute atomic E-state index is 12.8. The van der Waals surface area contributed by atoms with E-state index in [1.54, 1.807) is 41.6 Å². The van der Waals surface area contributed by atoms with Crippen LogP contribution in [-0.2, 0) is 10.0 Å². The van der Waals surface area contributed by atoms with Crippen LogP contribution >= 0.6 is 27.5 Å². The van der Waals surface area contributed by atoms with Crippen molar-refractivity contribution < 1.29 is 13.2 Å². The summed E-state index contributed by atoms with van der Waals surface area (Å²) in [6, 6.07) is 7.97.